The average molecular weight is 212 g/mol. The molecule has 2 aliphatic rings. The van der Waals surface area contributed by atoms with Crippen molar-refractivity contribution >= 4 is 5.91 Å². The molecule has 0 aromatic heterocycles. The maximum absolute atomic E-state index is 11.7. The second-order valence-corrected chi connectivity index (χ2v) is 4.93. The molecule has 0 bridgehead atoms. The monoisotopic (exact) mass is 212 g/mol. The highest BCUT2D eigenvalue weighted by Gasteiger charge is 2.31. The van der Waals surface area contributed by atoms with E-state index in [0.717, 1.165) is 32.4 Å². The number of aliphatic hydroxyl groups excluding tert-OH is 1. The number of nitrogens with one attached hydrogen (secondary N) is 2. The van der Waals surface area contributed by atoms with E-state index in [9.17, 15) is 4.79 Å². The van der Waals surface area contributed by atoms with Crippen molar-refractivity contribution in [2.75, 3.05) is 13.1 Å². The van der Waals surface area contributed by atoms with E-state index in [2.05, 4.69) is 17.6 Å². The van der Waals surface area contributed by atoms with Crippen LogP contribution in [0.15, 0.2) is 0 Å². The van der Waals surface area contributed by atoms with Gasteiger partial charge in [0.25, 0.3) is 0 Å². The molecule has 86 valence electrons. The Morgan fingerprint density at radius 3 is 2.80 bits per heavy atom. The Morgan fingerprint density at radius 2 is 2.27 bits per heavy atom. The van der Waals surface area contributed by atoms with Crippen molar-refractivity contribution in [2.24, 2.45) is 11.8 Å². The minimum atomic E-state index is -0.129. The molecular weight excluding hydrogens is 192 g/mol. The number of amides is 1. The highest BCUT2D eigenvalue weighted by molar-refractivity contribution is 5.82. The molecule has 4 heteroatoms. The topological polar surface area (TPSA) is 61.4 Å². The Balaban J connectivity index is 1.68. The van der Waals surface area contributed by atoms with Crippen LogP contribution in [0, 0.1) is 11.8 Å². The Morgan fingerprint density at radius 1 is 1.53 bits per heavy atom. The summed E-state index contributed by atoms with van der Waals surface area (Å²) in [6, 6.07) is -0.00463. The molecule has 1 aliphatic carbocycles. The zero-order valence-corrected chi connectivity index (χ0v) is 9.20. The SMILES string of the molecule is CC1CCNC1C(=O)NCC1CC(O)C1. The van der Waals surface area contributed by atoms with E-state index in [1.54, 1.807) is 0 Å². The van der Waals surface area contributed by atoms with Gasteiger partial charge in [0, 0.05) is 6.54 Å². The summed E-state index contributed by atoms with van der Waals surface area (Å²) >= 11 is 0. The molecule has 1 aliphatic heterocycles. The molecule has 3 N–H and O–H groups in total. The van der Waals surface area contributed by atoms with Crippen molar-refractivity contribution in [3.63, 3.8) is 0 Å². The largest absolute Gasteiger partial charge is 0.393 e. The molecule has 4 nitrogen and oxygen atoms in total. The molecule has 2 unspecified atom stereocenters. The van der Waals surface area contributed by atoms with Gasteiger partial charge in [-0.25, -0.2) is 0 Å². The number of hydrogen-bond acceptors (Lipinski definition) is 3. The Hall–Kier alpha value is -0.610. The molecule has 1 amide bonds. The smallest absolute Gasteiger partial charge is 0.237 e. The number of carbonyl (C=O) groups excluding carboxylic acids is 1. The fraction of sp³-hybridized carbons (Fsp3) is 0.909. The third kappa shape index (κ3) is 2.49. The van der Waals surface area contributed by atoms with Gasteiger partial charge >= 0.3 is 0 Å². The number of aliphatic hydroxyl groups is 1. The van der Waals surface area contributed by atoms with Gasteiger partial charge in [-0.15, -0.1) is 0 Å². The van der Waals surface area contributed by atoms with Crippen LogP contribution in [0.25, 0.3) is 0 Å². The lowest BCUT2D eigenvalue weighted by Gasteiger charge is -2.31. The highest BCUT2D eigenvalue weighted by Crippen LogP contribution is 2.26. The summed E-state index contributed by atoms with van der Waals surface area (Å²) < 4.78 is 0. The summed E-state index contributed by atoms with van der Waals surface area (Å²) in [5, 5.41) is 15.3. The Labute approximate surface area is 90.4 Å². The second-order valence-electron chi connectivity index (χ2n) is 4.93. The van der Waals surface area contributed by atoms with Gasteiger partial charge in [-0.05, 0) is 37.6 Å². The van der Waals surface area contributed by atoms with Gasteiger partial charge < -0.3 is 15.7 Å². The van der Waals surface area contributed by atoms with E-state index in [0.29, 0.717) is 11.8 Å². The second kappa shape index (κ2) is 4.49. The molecular formula is C11H20N2O2. The first-order chi connectivity index (χ1) is 7.16. The molecule has 0 radical (unpaired) electrons. The molecule has 2 atom stereocenters. The number of carbonyl (C=O) groups is 1. The average Bonchev–Trinajstić information content (AvgIpc) is 2.57. The van der Waals surface area contributed by atoms with Crippen LogP contribution >= 0.6 is 0 Å². The predicted molar refractivity (Wildman–Crippen MR) is 57.3 cm³/mol. The zero-order valence-electron chi connectivity index (χ0n) is 9.20. The Bertz CT molecular complexity index is 239. The van der Waals surface area contributed by atoms with Crippen molar-refractivity contribution in [2.45, 2.75) is 38.3 Å². The van der Waals surface area contributed by atoms with Crippen LogP contribution in [0.4, 0.5) is 0 Å². The highest BCUT2D eigenvalue weighted by atomic mass is 16.3. The van der Waals surface area contributed by atoms with Crippen LogP contribution in [-0.4, -0.2) is 36.2 Å². The lowest BCUT2D eigenvalue weighted by molar-refractivity contribution is -0.124. The Kier molecular flexibility index (Phi) is 3.26. The van der Waals surface area contributed by atoms with E-state index in [-0.39, 0.29) is 18.1 Å². The summed E-state index contributed by atoms with van der Waals surface area (Å²) in [7, 11) is 0. The molecule has 1 saturated heterocycles. The molecule has 2 fully saturated rings. The van der Waals surface area contributed by atoms with Crippen LogP contribution < -0.4 is 10.6 Å². The molecule has 1 heterocycles. The molecule has 0 aromatic rings. The third-order valence-electron chi connectivity index (χ3n) is 3.59. The summed E-state index contributed by atoms with van der Waals surface area (Å²) in [4.78, 5) is 11.7. The lowest BCUT2D eigenvalue weighted by Crippen LogP contribution is -2.46. The van der Waals surface area contributed by atoms with Crippen molar-refractivity contribution in [1.82, 2.24) is 10.6 Å². The van der Waals surface area contributed by atoms with Crippen molar-refractivity contribution in [3.05, 3.63) is 0 Å². The van der Waals surface area contributed by atoms with Gasteiger partial charge in [0.05, 0.1) is 12.1 Å². The third-order valence-corrected chi connectivity index (χ3v) is 3.59. The summed E-state index contributed by atoms with van der Waals surface area (Å²) in [5.74, 6) is 1.05. The van der Waals surface area contributed by atoms with Gasteiger partial charge in [-0.2, -0.15) is 0 Å². The van der Waals surface area contributed by atoms with Crippen molar-refractivity contribution in [1.29, 1.82) is 0 Å². The van der Waals surface area contributed by atoms with Gasteiger partial charge in [0.15, 0.2) is 0 Å². The van der Waals surface area contributed by atoms with Gasteiger partial charge in [0.1, 0.15) is 0 Å². The summed E-state index contributed by atoms with van der Waals surface area (Å²) in [6.07, 6.45) is 2.64. The van der Waals surface area contributed by atoms with Crippen LogP contribution in [0.1, 0.15) is 26.2 Å². The number of hydrogen-bond donors (Lipinski definition) is 3. The van der Waals surface area contributed by atoms with Crippen LogP contribution in [0.5, 0.6) is 0 Å². The van der Waals surface area contributed by atoms with Crippen LogP contribution in [0.2, 0.25) is 0 Å². The normalized spacial score (nSPS) is 39.9. The van der Waals surface area contributed by atoms with E-state index in [1.165, 1.54) is 0 Å². The fourth-order valence-corrected chi connectivity index (χ4v) is 2.41. The minimum absolute atomic E-state index is 0.00463. The first kappa shape index (κ1) is 10.9. The summed E-state index contributed by atoms with van der Waals surface area (Å²) in [6.45, 7) is 3.78. The zero-order chi connectivity index (χ0) is 10.8. The number of rotatable bonds is 3. The van der Waals surface area contributed by atoms with Gasteiger partial charge in [-0.1, -0.05) is 6.92 Å². The first-order valence-electron chi connectivity index (χ1n) is 5.86. The van der Waals surface area contributed by atoms with Gasteiger partial charge in [0.2, 0.25) is 5.91 Å². The maximum atomic E-state index is 11.7. The van der Waals surface area contributed by atoms with Crippen molar-refractivity contribution < 1.29 is 9.90 Å². The van der Waals surface area contributed by atoms with E-state index < -0.39 is 0 Å². The maximum Gasteiger partial charge on any atom is 0.237 e. The van der Waals surface area contributed by atoms with E-state index >= 15 is 0 Å². The molecule has 2 rings (SSSR count). The van der Waals surface area contributed by atoms with Crippen LogP contribution in [0.3, 0.4) is 0 Å². The predicted octanol–water partition coefficient (Wildman–Crippen LogP) is -0.128. The van der Waals surface area contributed by atoms with E-state index in [4.69, 9.17) is 5.11 Å². The molecule has 0 aromatic carbocycles. The first-order valence-corrected chi connectivity index (χ1v) is 5.86. The standard InChI is InChI=1S/C11H20N2O2/c1-7-2-3-12-10(7)11(15)13-6-8-4-9(14)5-8/h7-10,12,14H,2-6H2,1H3,(H,13,15). The van der Waals surface area contributed by atoms with E-state index in [1.807, 2.05) is 0 Å². The lowest BCUT2D eigenvalue weighted by atomic mass is 9.82. The van der Waals surface area contributed by atoms with Gasteiger partial charge in [-0.3, -0.25) is 4.79 Å². The molecule has 0 spiro atoms. The summed E-state index contributed by atoms with van der Waals surface area (Å²) in [5.41, 5.74) is 0. The fourth-order valence-electron chi connectivity index (χ4n) is 2.41. The van der Waals surface area contributed by atoms with Crippen molar-refractivity contribution in [3.8, 4) is 0 Å². The quantitative estimate of drug-likeness (QED) is 0.611. The van der Waals surface area contributed by atoms with Crippen LogP contribution in [-0.2, 0) is 4.79 Å². The minimum Gasteiger partial charge on any atom is -0.393 e. The molecule has 1 saturated carbocycles. The molecule has 15 heavy (non-hydrogen) atoms.